The lowest BCUT2D eigenvalue weighted by molar-refractivity contribution is 0.0205. The Morgan fingerprint density at radius 1 is 1.35 bits per heavy atom. The maximum Gasteiger partial charge on any atom is 0.191 e. The lowest BCUT2D eigenvalue weighted by Gasteiger charge is -2.21. The number of hydrogen-bond acceptors (Lipinski definition) is 4. The average molecular weight is 476 g/mol. The van der Waals surface area contributed by atoms with E-state index in [-0.39, 0.29) is 24.0 Å². The molecule has 0 radical (unpaired) electrons. The van der Waals surface area contributed by atoms with Crippen molar-refractivity contribution in [2.75, 3.05) is 46.1 Å². The van der Waals surface area contributed by atoms with Crippen LogP contribution in [-0.2, 0) is 15.9 Å². The van der Waals surface area contributed by atoms with Crippen LogP contribution in [0, 0.1) is 5.92 Å². The zero-order valence-electron chi connectivity index (χ0n) is 15.8. The van der Waals surface area contributed by atoms with Gasteiger partial charge in [-0.05, 0) is 50.2 Å². The van der Waals surface area contributed by atoms with Crippen LogP contribution in [0.25, 0.3) is 0 Å². The zero-order valence-corrected chi connectivity index (χ0v) is 18.1. The summed E-state index contributed by atoms with van der Waals surface area (Å²) in [7, 11) is 0. The zero-order chi connectivity index (χ0) is 17.6. The van der Waals surface area contributed by atoms with E-state index in [2.05, 4.69) is 33.6 Å². The van der Waals surface area contributed by atoms with Gasteiger partial charge in [-0.25, -0.2) is 0 Å². The van der Waals surface area contributed by atoms with E-state index < -0.39 is 0 Å². The molecule has 0 unspecified atom stereocenters. The number of nitrogens with one attached hydrogen (secondary N) is 2. The predicted octanol–water partition coefficient (Wildman–Crippen LogP) is 2.63. The number of rotatable bonds is 10. The first-order valence-electron chi connectivity index (χ1n) is 9.45. The van der Waals surface area contributed by atoms with Gasteiger partial charge in [0.05, 0.1) is 0 Å². The van der Waals surface area contributed by atoms with E-state index in [1.165, 1.54) is 5.56 Å². The normalized spacial score (nSPS) is 15.3. The van der Waals surface area contributed by atoms with Gasteiger partial charge in [0.15, 0.2) is 5.96 Å². The van der Waals surface area contributed by atoms with Crippen LogP contribution in [0.4, 0.5) is 0 Å². The Morgan fingerprint density at radius 3 is 2.92 bits per heavy atom. The van der Waals surface area contributed by atoms with Gasteiger partial charge in [-0.3, -0.25) is 9.98 Å². The standard InChI is InChI=1S/C19H32N4O2.HI/c1-2-21-19(23-11-6-17-5-3-9-20-15-17)22-10-4-12-25-16-18-7-13-24-14-8-18;/h3,5,9,15,18H,2,4,6-8,10-14,16H2,1H3,(H2,21,22,23);1H. The van der Waals surface area contributed by atoms with E-state index in [1.54, 1.807) is 6.20 Å². The smallest absolute Gasteiger partial charge is 0.191 e. The fraction of sp³-hybridized carbons (Fsp3) is 0.684. The van der Waals surface area contributed by atoms with Gasteiger partial charge in [0.1, 0.15) is 0 Å². The molecule has 7 heteroatoms. The van der Waals surface area contributed by atoms with Gasteiger partial charge in [0.25, 0.3) is 0 Å². The van der Waals surface area contributed by atoms with Crippen LogP contribution in [0.5, 0.6) is 0 Å². The molecule has 1 aromatic rings. The Hall–Kier alpha value is -0.930. The Kier molecular flexibility index (Phi) is 13.5. The average Bonchev–Trinajstić information content (AvgIpc) is 2.66. The van der Waals surface area contributed by atoms with Crippen molar-refractivity contribution in [2.24, 2.45) is 10.9 Å². The van der Waals surface area contributed by atoms with Gasteiger partial charge in [0.2, 0.25) is 0 Å². The summed E-state index contributed by atoms with van der Waals surface area (Å²) in [5.74, 6) is 1.54. The fourth-order valence-electron chi connectivity index (χ4n) is 2.73. The summed E-state index contributed by atoms with van der Waals surface area (Å²) in [6.07, 6.45) is 7.84. The molecule has 0 spiro atoms. The number of ether oxygens (including phenoxy) is 2. The van der Waals surface area contributed by atoms with E-state index in [9.17, 15) is 0 Å². The molecule has 0 aromatic carbocycles. The predicted molar refractivity (Wildman–Crippen MR) is 116 cm³/mol. The van der Waals surface area contributed by atoms with E-state index >= 15 is 0 Å². The first-order chi connectivity index (χ1) is 12.4. The van der Waals surface area contributed by atoms with Crippen LogP contribution < -0.4 is 10.6 Å². The Balaban J connectivity index is 0.00000338. The molecule has 1 aromatic heterocycles. The lowest BCUT2D eigenvalue weighted by Crippen LogP contribution is -2.38. The molecule has 0 aliphatic carbocycles. The van der Waals surface area contributed by atoms with Crippen molar-refractivity contribution in [3.05, 3.63) is 30.1 Å². The summed E-state index contributed by atoms with van der Waals surface area (Å²) in [5.41, 5.74) is 1.23. The number of nitrogens with zero attached hydrogens (tertiary/aromatic N) is 2. The number of aromatic nitrogens is 1. The quantitative estimate of drug-likeness (QED) is 0.235. The minimum absolute atomic E-state index is 0. The molecule has 2 rings (SSSR count). The minimum Gasteiger partial charge on any atom is -0.381 e. The molecule has 6 nitrogen and oxygen atoms in total. The molecule has 2 heterocycles. The SMILES string of the molecule is CCNC(=NCCCOCC1CCOCC1)NCCc1cccnc1.I. The summed E-state index contributed by atoms with van der Waals surface area (Å²) in [6.45, 7) is 7.96. The molecule has 0 saturated carbocycles. The Morgan fingerprint density at radius 2 is 2.19 bits per heavy atom. The third-order valence-electron chi connectivity index (χ3n) is 4.18. The van der Waals surface area contributed by atoms with Crippen LogP contribution >= 0.6 is 24.0 Å². The highest BCUT2D eigenvalue weighted by Gasteiger charge is 2.13. The molecule has 1 aliphatic rings. The van der Waals surface area contributed by atoms with Gasteiger partial charge in [-0.15, -0.1) is 24.0 Å². The highest BCUT2D eigenvalue weighted by atomic mass is 127. The number of guanidine groups is 1. The molecular weight excluding hydrogens is 443 g/mol. The molecule has 0 atom stereocenters. The second-order valence-corrected chi connectivity index (χ2v) is 6.28. The highest BCUT2D eigenvalue weighted by Crippen LogP contribution is 2.14. The maximum absolute atomic E-state index is 5.78. The number of halogens is 1. The Bertz CT molecular complexity index is 482. The van der Waals surface area contributed by atoms with E-state index in [0.717, 1.165) is 77.7 Å². The topological polar surface area (TPSA) is 67.8 Å². The minimum atomic E-state index is 0. The molecule has 1 aliphatic heterocycles. The fourth-order valence-corrected chi connectivity index (χ4v) is 2.73. The summed E-state index contributed by atoms with van der Waals surface area (Å²) in [5, 5.41) is 6.65. The van der Waals surface area contributed by atoms with Gasteiger partial charge < -0.3 is 20.1 Å². The molecule has 26 heavy (non-hydrogen) atoms. The van der Waals surface area contributed by atoms with Crippen molar-refractivity contribution < 1.29 is 9.47 Å². The van der Waals surface area contributed by atoms with E-state index in [4.69, 9.17) is 9.47 Å². The van der Waals surface area contributed by atoms with Crippen molar-refractivity contribution in [1.82, 2.24) is 15.6 Å². The molecular formula is C19H33IN4O2. The van der Waals surface area contributed by atoms with Crippen molar-refractivity contribution in [2.45, 2.75) is 32.6 Å². The van der Waals surface area contributed by atoms with Crippen LogP contribution in [0.1, 0.15) is 31.7 Å². The highest BCUT2D eigenvalue weighted by molar-refractivity contribution is 14.0. The van der Waals surface area contributed by atoms with Gasteiger partial charge in [0, 0.05) is 58.5 Å². The summed E-state index contributed by atoms with van der Waals surface area (Å²) in [4.78, 5) is 8.74. The third-order valence-corrected chi connectivity index (χ3v) is 4.18. The second-order valence-electron chi connectivity index (χ2n) is 6.28. The first-order valence-corrected chi connectivity index (χ1v) is 9.45. The number of hydrogen-bond donors (Lipinski definition) is 2. The number of pyridine rings is 1. The van der Waals surface area contributed by atoms with E-state index in [1.807, 2.05) is 12.3 Å². The van der Waals surface area contributed by atoms with E-state index in [0.29, 0.717) is 5.92 Å². The monoisotopic (exact) mass is 476 g/mol. The first kappa shape index (κ1) is 23.1. The van der Waals surface area contributed by atoms with Crippen LogP contribution in [0.2, 0.25) is 0 Å². The summed E-state index contributed by atoms with van der Waals surface area (Å²) in [6, 6.07) is 4.06. The largest absolute Gasteiger partial charge is 0.381 e. The molecule has 1 fully saturated rings. The Labute approximate surface area is 174 Å². The molecule has 2 N–H and O–H groups in total. The summed E-state index contributed by atoms with van der Waals surface area (Å²) < 4.78 is 11.1. The van der Waals surface area contributed by atoms with Crippen molar-refractivity contribution >= 4 is 29.9 Å². The van der Waals surface area contributed by atoms with Gasteiger partial charge in [-0.1, -0.05) is 6.07 Å². The van der Waals surface area contributed by atoms with Crippen molar-refractivity contribution in [3.63, 3.8) is 0 Å². The summed E-state index contributed by atoms with van der Waals surface area (Å²) >= 11 is 0. The lowest BCUT2D eigenvalue weighted by atomic mass is 10.0. The number of aliphatic imine (C=N–C) groups is 1. The molecule has 0 amide bonds. The molecule has 1 saturated heterocycles. The van der Waals surface area contributed by atoms with Crippen molar-refractivity contribution in [1.29, 1.82) is 0 Å². The molecule has 148 valence electrons. The third kappa shape index (κ3) is 10.3. The molecule has 0 bridgehead atoms. The maximum atomic E-state index is 5.78. The van der Waals surface area contributed by atoms with Crippen LogP contribution in [0.3, 0.4) is 0 Å². The van der Waals surface area contributed by atoms with Crippen molar-refractivity contribution in [3.8, 4) is 0 Å². The second kappa shape index (κ2) is 15.2. The van der Waals surface area contributed by atoms with Gasteiger partial charge >= 0.3 is 0 Å². The van der Waals surface area contributed by atoms with Crippen LogP contribution in [-0.4, -0.2) is 57.0 Å². The van der Waals surface area contributed by atoms with Gasteiger partial charge in [-0.2, -0.15) is 0 Å². The van der Waals surface area contributed by atoms with Crippen LogP contribution in [0.15, 0.2) is 29.5 Å².